The van der Waals surface area contributed by atoms with Gasteiger partial charge < -0.3 is 18.9 Å². The highest BCUT2D eigenvalue weighted by Gasteiger charge is 2.35. The highest BCUT2D eigenvalue weighted by atomic mass is 127. The molecule has 8 nitrogen and oxygen atoms in total. The lowest BCUT2D eigenvalue weighted by Crippen LogP contribution is -2.40. The molecule has 0 fully saturated rings. The second-order valence-corrected chi connectivity index (χ2v) is 14.0. The third kappa shape index (κ3) is 6.86. The van der Waals surface area contributed by atoms with Crippen molar-refractivity contribution >= 4 is 84.5 Å². The van der Waals surface area contributed by atoms with Crippen LogP contribution in [0.15, 0.2) is 74.1 Å². The van der Waals surface area contributed by atoms with Gasteiger partial charge in [0.2, 0.25) is 0 Å². The number of halogens is 4. The van der Waals surface area contributed by atoms with Crippen LogP contribution in [0, 0.1) is 13.0 Å². The number of fused-ring (bicyclic) bond motifs is 1. The van der Waals surface area contributed by atoms with E-state index in [1.807, 2.05) is 12.1 Å². The van der Waals surface area contributed by atoms with Crippen LogP contribution in [0.4, 0.5) is 4.39 Å². The Hall–Kier alpha value is -2.76. The predicted molar refractivity (Wildman–Crippen MR) is 190 cm³/mol. The first-order valence-electron chi connectivity index (χ1n) is 13.5. The van der Waals surface area contributed by atoms with Gasteiger partial charge >= 0.3 is 5.97 Å². The number of hydrogen-bond donors (Lipinski definition) is 0. The Morgan fingerprint density at radius 2 is 1.84 bits per heavy atom. The molecule has 45 heavy (non-hydrogen) atoms. The van der Waals surface area contributed by atoms with Crippen LogP contribution in [0.1, 0.15) is 36.6 Å². The van der Waals surface area contributed by atoms with Crippen molar-refractivity contribution in [2.75, 3.05) is 20.8 Å². The normalized spacial score (nSPS) is 14.6. The average Bonchev–Trinajstić information content (AvgIpc) is 3.30. The first-order valence-corrected chi connectivity index (χ1v) is 17.3. The number of aromatic nitrogens is 1. The molecule has 0 saturated carbocycles. The molecule has 0 saturated heterocycles. The zero-order valence-electron chi connectivity index (χ0n) is 24.5. The summed E-state index contributed by atoms with van der Waals surface area (Å²) >= 11 is 9.19. The maximum absolute atomic E-state index is 14.4. The lowest BCUT2D eigenvalue weighted by molar-refractivity contribution is -0.139. The summed E-state index contributed by atoms with van der Waals surface area (Å²) in [6.07, 6.45) is 1.74. The second kappa shape index (κ2) is 14.3. The van der Waals surface area contributed by atoms with Crippen molar-refractivity contribution in [2.24, 2.45) is 4.99 Å². The van der Waals surface area contributed by atoms with Crippen LogP contribution in [-0.4, -0.2) is 31.4 Å². The smallest absolute Gasteiger partial charge is 0.338 e. The van der Waals surface area contributed by atoms with Crippen LogP contribution in [0.5, 0.6) is 17.2 Å². The number of nitrogens with zero attached hydrogens (tertiary/aromatic N) is 2. The zero-order valence-corrected chi connectivity index (χ0v) is 31.2. The minimum atomic E-state index is -0.871. The quantitative estimate of drug-likeness (QED) is 0.141. The fourth-order valence-electron chi connectivity index (χ4n) is 4.91. The Balaban J connectivity index is 1.70. The molecular weight excluding hydrogens is 893 g/mol. The number of benzene rings is 3. The maximum atomic E-state index is 14.4. The Labute approximate surface area is 298 Å². The van der Waals surface area contributed by atoms with Gasteiger partial charge in [-0.25, -0.2) is 14.2 Å². The number of hydrogen-bond acceptors (Lipinski definition) is 8. The van der Waals surface area contributed by atoms with Crippen LogP contribution < -0.4 is 29.1 Å². The minimum absolute atomic E-state index is 0.0147. The summed E-state index contributed by atoms with van der Waals surface area (Å²) in [6.45, 7) is 3.61. The fourth-order valence-corrected chi connectivity index (χ4v) is 8.53. The third-order valence-corrected chi connectivity index (χ3v) is 10.1. The fraction of sp³-hybridized carbons (Fsp3) is 0.219. The van der Waals surface area contributed by atoms with Gasteiger partial charge in [0, 0.05) is 19.2 Å². The monoisotopic (exact) mass is 918 g/mol. The van der Waals surface area contributed by atoms with E-state index in [2.05, 4.69) is 66.1 Å². The topological polar surface area (TPSA) is 88.4 Å². The molecule has 0 radical (unpaired) electrons. The number of thiazole rings is 1. The zero-order chi connectivity index (χ0) is 32.4. The van der Waals surface area contributed by atoms with Crippen molar-refractivity contribution in [3.8, 4) is 17.2 Å². The molecule has 2 heterocycles. The molecule has 4 aromatic rings. The molecular formula is C32H26BrFI2N2O6S. The van der Waals surface area contributed by atoms with Crippen LogP contribution in [0.2, 0.25) is 0 Å². The molecule has 234 valence electrons. The number of esters is 1. The van der Waals surface area contributed by atoms with Crippen LogP contribution in [-0.2, 0) is 16.1 Å². The molecule has 5 rings (SSSR count). The number of rotatable bonds is 9. The van der Waals surface area contributed by atoms with Gasteiger partial charge in [-0.2, -0.15) is 0 Å². The molecule has 3 aromatic carbocycles. The Morgan fingerprint density at radius 1 is 1.13 bits per heavy atom. The molecule has 0 spiro atoms. The molecule has 1 atom stereocenters. The van der Waals surface area contributed by atoms with Gasteiger partial charge in [-0.15, -0.1) is 0 Å². The van der Waals surface area contributed by atoms with Gasteiger partial charge in [0.05, 0.1) is 46.2 Å². The Kier molecular flexibility index (Phi) is 10.7. The van der Waals surface area contributed by atoms with E-state index in [1.165, 1.54) is 36.2 Å². The minimum Gasteiger partial charge on any atom is -0.493 e. The summed E-state index contributed by atoms with van der Waals surface area (Å²) in [6, 6.07) is 12.9. The summed E-state index contributed by atoms with van der Waals surface area (Å²) in [5.74, 6) is 0.501. The molecule has 0 N–H and O–H groups in total. The van der Waals surface area contributed by atoms with Crippen LogP contribution in [0.3, 0.4) is 0 Å². The van der Waals surface area contributed by atoms with E-state index >= 15 is 0 Å². The van der Waals surface area contributed by atoms with Crippen LogP contribution >= 0.6 is 72.4 Å². The van der Waals surface area contributed by atoms with E-state index in [0.29, 0.717) is 53.4 Å². The molecule has 0 aliphatic carbocycles. The van der Waals surface area contributed by atoms with Gasteiger partial charge in [0.15, 0.2) is 16.3 Å². The highest BCUT2D eigenvalue weighted by molar-refractivity contribution is 14.1. The first-order chi connectivity index (χ1) is 21.6. The summed E-state index contributed by atoms with van der Waals surface area (Å²) in [5.41, 5.74) is 1.98. The van der Waals surface area contributed by atoms with E-state index in [4.69, 9.17) is 18.9 Å². The summed E-state index contributed by atoms with van der Waals surface area (Å²) in [4.78, 5) is 32.7. The van der Waals surface area contributed by atoms with E-state index in [-0.39, 0.29) is 30.2 Å². The Morgan fingerprint density at radius 3 is 2.53 bits per heavy atom. The summed E-state index contributed by atoms with van der Waals surface area (Å²) in [7, 11) is 3.05. The SMILES string of the molecule is CCOC(=O)C1=C(C)N=c2s/c(=C\c3cc(I)cc(I)c3OCc3ccccc3F)c(=O)n2[C@H]1c1cc(OC)c(OC)cc1Br. The molecule has 1 aromatic heterocycles. The second-order valence-electron chi connectivity index (χ2n) is 9.72. The number of allylic oxidation sites excluding steroid dienone is 1. The lowest BCUT2D eigenvalue weighted by atomic mass is 9.95. The van der Waals surface area contributed by atoms with E-state index < -0.39 is 12.0 Å². The number of methoxy groups -OCH3 is 2. The van der Waals surface area contributed by atoms with Gasteiger partial charge in [-0.3, -0.25) is 9.36 Å². The molecule has 1 aliphatic rings. The number of carbonyl (C=O) groups excluding carboxylic acids is 1. The number of ether oxygens (including phenoxy) is 4. The number of carbonyl (C=O) groups is 1. The largest absolute Gasteiger partial charge is 0.493 e. The van der Waals surface area contributed by atoms with Crippen molar-refractivity contribution in [3.05, 3.63) is 114 Å². The van der Waals surface area contributed by atoms with Crippen molar-refractivity contribution in [1.29, 1.82) is 0 Å². The predicted octanol–water partition coefficient (Wildman–Crippen LogP) is 6.51. The molecule has 0 unspecified atom stereocenters. The van der Waals surface area contributed by atoms with Gasteiger partial charge in [-0.1, -0.05) is 45.5 Å². The lowest BCUT2D eigenvalue weighted by Gasteiger charge is -2.26. The maximum Gasteiger partial charge on any atom is 0.338 e. The van der Waals surface area contributed by atoms with Crippen molar-refractivity contribution in [3.63, 3.8) is 0 Å². The van der Waals surface area contributed by atoms with E-state index in [1.54, 1.807) is 50.3 Å². The summed E-state index contributed by atoms with van der Waals surface area (Å²) < 4.78 is 41.2. The van der Waals surface area contributed by atoms with Gasteiger partial charge in [0.1, 0.15) is 18.2 Å². The van der Waals surface area contributed by atoms with E-state index in [9.17, 15) is 14.0 Å². The molecule has 0 amide bonds. The van der Waals surface area contributed by atoms with Gasteiger partial charge in [-0.05, 0) is 101 Å². The van der Waals surface area contributed by atoms with Crippen molar-refractivity contribution < 1.29 is 28.1 Å². The Bertz CT molecular complexity index is 2030. The molecule has 1 aliphatic heterocycles. The van der Waals surface area contributed by atoms with Crippen LogP contribution in [0.25, 0.3) is 6.08 Å². The van der Waals surface area contributed by atoms with Crippen molar-refractivity contribution in [1.82, 2.24) is 4.57 Å². The third-order valence-electron chi connectivity index (χ3n) is 6.97. The first kappa shape index (κ1) is 33.6. The standard InChI is InChI=1S/C32H26BrFI2N2O6S/c1-5-43-31(40)27-16(2)37-32-38(28(27)20-13-24(41-3)25(42-4)14-21(20)33)30(39)26(45-32)11-18-10-19(35)12-23(36)29(18)44-15-17-8-6-7-9-22(17)34/h6-14,28H,5,15H2,1-4H3/b26-11-/t28-/m0/s1. The van der Waals surface area contributed by atoms with Crippen molar-refractivity contribution in [2.45, 2.75) is 26.5 Å². The molecule has 0 bridgehead atoms. The summed E-state index contributed by atoms with van der Waals surface area (Å²) in [5, 5.41) is 0. The molecule has 13 heteroatoms. The van der Waals surface area contributed by atoms with E-state index in [0.717, 1.165) is 7.14 Å². The highest BCUT2D eigenvalue weighted by Crippen LogP contribution is 2.41. The van der Waals surface area contributed by atoms with Gasteiger partial charge in [0.25, 0.3) is 5.56 Å². The average molecular weight is 919 g/mol.